The first-order chi connectivity index (χ1) is 8.18. The normalized spacial score (nSPS) is 19.5. The minimum atomic E-state index is -0.726. The molecule has 1 aromatic carbocycles. The highest BCUT2D eigenvalue weighted by molar-refractivity contribution is 7.99. The molecule has 1 fully saturated rings. The summed E-state index contributed by atoms with van der Waals surface area (Å²) in [5.41, 5.74) is -0.0961. The summed E-state index contributed by atoms with van der Waals surface area (Å²) >= 11 is 1.87. The van der Waals surface area contributed by atoms with Crippen molar-refractivity contribution in [2.24, 2.45) is 0 Å². The fourth-order valence-corrected chi connectivity index (χ4v) is 2.98. The fraction of sp³-hybridized carbons (Fsp3) is 0.455. The molecule has 1 saturated heterocycles. The van der Waals surface area contributed by atoms with Gasteiger partial charge in [0.05, 0.1) is 4.92 Å². The van der Waals surface area contributed by atoms with Gasteiger partial charge in [0.2, 0.25) is 5.82 Å². The minimum absolute atomic E-state index is 0.346. The Kier molecular flexibility index (Phi) is 3.96. The third kappa shape index (κ3) is 2.95. The van der Waals surface area contributed by atoms with Gasteiger partial charge >= 0.3 is 5.69 Å². The summed E-state index contributed by atoms with van der Waals surface area (Å²) in [6.45, 7) is 0.346. The monoisotopic (exact) mass is 256 g/mol. The van der Waals surface area contributed by atoms with Crippen molar-refractivity contribution in [1.29, 1.82) is 0 Å². The van der Waals surface area contributed by atoms with Gasteiger partial charge < -0.3 is 5.32 Å². The van der Waals surface area contributed by atoms with Gasteiger partial charge in [-0.25, -0.2) is 0 Å². The van der Waals surface area contributed by atoms with Crippen LogP contribution in [0.4, 0.5) is 10.1 Å². The molecule has 0 amide bonds. The van der Waals surface area contributed by atoms with Crippen molar-refractivity contribution < 1.29 is 9.31 Å². The van der Waals surface area contributed by atoms with Crippen LogP contribution in [0.2, 0.25) is 0 Å². The highest BCUT2D eigenvalue weighted by Crippen LogP contribution is 2.21. The molecule has 1 aliphatic rings. The van der Waals surface area contributed by atoms with Crippen LogP contribution in [-0.2, 0) is 6.54 Å². The average Bonchev–Trinajstić information content (AvgIpc) is 2.80. The number of hydrogen-bond acceptors (Lipinski definition) is 4. The smallest absolute Gasteiger partial charge is 0.305 e. The molecule has 1 aliphatic heterocycles. The van der Waals surface area contributed by atoms with Crippen molar-refractivity contribution in [3.8, 4) is 0 Å². The Morgan fingerprint density at radius 1 is 1.59 bits per heavy atom. The van der Waals surface area contributed by atoms with E-state index in [1.54, 1.807) is 6.07 Å². The van der Waals surface area contributed by atoms with E-state index in [0.29, 0.717) is 18.2 Å². The molecule has 17 heavy (non-hydrogen) atoms. The van der Waals surface area contributed by atoms with Crippen LogP contribution in [0, 0.1) is 15.9 Å². The van der Waals surface area contributed by atoms with E-state index in [1.807, 2.05) is 11.8 Å². The maximum atomic E-state index is 13.7. The Bertz CT molecular complexity index is 422. The zero-order valence-corrected chi connectivity index (χ0v) is 10.0. The van der Waals surface area contributed by atoms with E-state index in [2.05, 4.69) is 5.32 Å². The molecule has 1 heterocycles. The minimum Gasteiger partial charge on any atom is -0.309 e. The van der Waals surface area contributed by atoms with Gasteiger partial charge in [-0.15, -0.1) is 0 Å². The summed E-state index contributed by atoms with van der Waals surface area (Å²) < 4.78 is 13.7. The molecule has 1 aromatic rings. The van der Waals surface area contributed by atoms with Crippen molar-refractivity contribution in [3.05, 3.63) is 39.7 Å². The number of nitro benzene ring substituents is 1. The lowest BCUT2D eigenvalue weighted by molar-refractivity contribution is -0.387. The van der Waals surface area contributed by atoms with Gasteiger partial charge in [-0.1, -0.05) is 12.1 Å². The van der Waals surface area contributed by atoms with Gasteiger partial charge in [0.25, 0.3) is 0 Å². The van der Waals surface area contributed by atoms with Crippen LogP contribution in [0.15, 0.2) is 18.2 Å². The first-order valence-corrected chi connectivity index (χ1v) is 6.57. The molecule has 0 aliphatic carbocycles. The van der Waals surface area contributed by atoms with E-state index in [1.165, 1.54) is 12.1 Å². The molecular formula is C11H13FN2O2S. The Morgan fingerprint density at radius 3 is 3.06 bits per heavy atom. The van der Waals surface area contributed by atoms with E-state index in [9.17, 15) is 14.5 Å². The Morgan fingerprint density at radius 2 is 2.41 bits per heavy atom. The highest BCUT2D eigenvalue weighted by atomic mass is 32.2. The number of nitro groups is 1. The number of hydrogen-bond donors (Lipinski definition) is 1. The maximum absolute atomic E-state index is 13.7. The second kappa shape index (κ2) is 5.46. The second-order valence-corrected chi connectivity index (χ2v) is 5.10. The largest absolute Gasteiger partial charge is 0.309 e. The van der Waals surface area contributed by atoms with Crippen LogP contribution in [0.1, 0.15) is 12.0 Å². The van der Waals surface area contributed by atoms with Crippen molar-refractivity contribution >= 4 is 17.4 Å². The third-order valence-electron chi connectivity index (χ3n) is 2.77. The maximum Gasteiger partial charge on any atom is 0.305 e. The van der Waals surface area contributed by atoms with Gasteiger partial charge in [0, 0.05) is 30.0 Å². The van der Waals surface area contributed by atoms with Crippen molar-refractivity contribution in [2.45, 2.75) is 19.0 Å². The number of thioether (sulfide) groups is 1. The molecule has 2 rings (SSSR count). The molecule has 1 atom stereocenters. The summed E-state index contributed by atoms with van der Waals surface area (Å²) in [6, 6.07) is 4.67. The van der Waals surface area contributed by atoms with Crippen LogP contribution in [0.5, 0.6) is 0 Å². The second-order valence-electron chi connectivity index (χ2n) is 3.95. The van der Waals surface area contributed by atoms with Crippen LogP contribution in [-0.4, -0.2) is 22.5 Å². The van der Waals surface area contributed by atoms with Crippen LogP contribution < -0.4 is 5.32 Å². The van der Waals surface area contributed by atoms with Gasteiger partial charge in [0.15, 0.2) is 0 Å². The predicted octanol–water partition coefficient (Wildman–Crippen LogP) is 2.33. The number of nitrogens with zero attached hydrogens (tertiary/aromatic N) is 1. The number of benzene rings is 1. The SMILES string of the molecule is O=[N+]([O-])c1cccc(CNC2CCSC2)c1F. The van der Waals surface area contributed by atoms with Gasteiger partial charge in [-0.05, 0) is 12.2 Å². The van der Waals surface area contributed by atoms with E-state index in [4.69, 9.17) is 0 Å². The van der Waals surface area contributed by atoms with Gasteiger partial charge in [-0.3, -0.25) is 10.1 Å². The molecule has 1 N–H and O–H groups in total. The lowest BCUT2D eigenvalue weighted by Gasteiger charge is -2.11. The molecule has 0 radical (unpaired) electrons. The van der Waals surface area contributed by atoms with E-state index in [-0.39, 0.29) is 0 Å². The van der Waals surface area contributed by atoms with Gasteiger partial charge in [-0.2, -0.15) is 16.2 Å². The summed E-state index contributed by atoms with van der Waals surface area (Å²) in [6.07, 6.45) is 1.07. The molecule has 0 saturated carbocycles. The van der Waals surface area contributed by atoms with Crippen molar-refractivity contribution in [3.63, 3.8) is 0 Å². The molecule has 4 nitrogen and oxygen atoms in total. The van der Waals surface area contributed by atoms with Crippen LogP contribution in [0.3, 0.4) is 0 Å². The topological polar surface area (TPSA) is 55.2 Å². The fourth-order valence-electron chi connectivity index (χ4n) is 1.79. The molecule has 6 heteroatoms. The lowest BCUT2D eigenvalue weighted by Crippen LogP contribution is -2.28. The van der Waals surface area contributed by atoms with Crippen LogP contribution >= 0.6 is 11.8 Å². The number of nitrogens with one attached hydrogen (secondary N) is 1. The molecule has 0 bridgehead atoms. The zero-order chi connectivity index (χ0) is 12.3. The molecule has 0 aromatic heterocycles. The molecule has 0 spiro atoms. The number of rotatable bonds is 4. The Labute approximate surface area is 103 Å². The van der Waals surface area contributed by atoms with Gasteiger partial charge in [0.1, 0.15) is 0 Å². The van der Waals surface area contributed by atoms with Crippen molar-refractivity contribution in [2.75, 3.05) is 11.5 Å². The molecular weight excluding hydrogens is 243 g/mol. The quantitative estimate of drug-likeness (QED) is 0.663. The Hall–Kier alpha value is -1.14. The average molecular weight is 256 g/mol. The first-order valence-electron chi connectivity index (χ1n) is 5.41. The number of halogens is 1. The molecule has 92 valence electrons. The lowest BCUT2D eigenvalue weighted by atomic mass is 10.1. The van der Waals surface area contributed by atoms with E-state index >= 15 is 0 Å². The van der Waals surface area contributed by atoms with Crippen molar-refractivity contribution in [1.82, 2.24) is 5.32 Å². The van der Waals surface area contributed by atoms with Crippen LogP contribution in [0.25, 0.3) is 0 Å². The van der Waals surface area contributed by atoms with E-state index < -0.39 is 16.4 Å². The summed E-state index contributed by atoms with van der Waals surface area (Å²) in [4.78, 5) is 9.89. The standard InChI is InChI=1S/C11H13FN2O2S/c12-11-8(2-1-3-10(11)14(15)16)6-13-9-4-5-17-7-9/h1-3,9,13H,4-7H2. The predicted molar refractivity (Wildman–Crippen MR) is 65.6 cm³/mol. The summed E-state index contributed by atoms with van der Waals surface area (Å²) in [7, 11) is 0. The summed E-state index contributed by atoms with van der Waals surface area (Å²) in [5.74, 6) is 1.42. The van der Waals surface area contributed by atoms with E-state index in [0.717, 1.165) is 17.9 Å². The zero-order valence-electron chi connectivity index (χ0n) is 9.19. The first kappa shape index (κ1) is 12.3. The third-order valence-corrected chi connectivity index (χ3v) is 3.93. The Balaban J connectivity index is 2.04. The highest BCUT2D eigenvalue weighted by Gasteiger charge is 2.19. The molecule has 1 unspecified atom stereocenters. The summed E-state index contributed by atoms with van der Waals surface area (Å²) in [5, 5.41) is 13.8.